The van der Waals surface area contributed by atoms with Gasteiger partial charge in [0.15, 0.2) is 0 Å². The largest absolute Gasteiger partial charge is 0.481 e. The number of ether oxygens (including phenoxy) is 2. The van der Waals surface area contributed by atoms with Crippen molar-refractivity contribution in [1.82, 2.24) is 0 Å². The van der Waals surface area contributed by atoms with Gasteiger partial charge >= 0.3 is 5.97 Å². The van der Waals surface area contributed by atoms with Crippen molar-refractivity contribution >= 4 is 5.97 Å². The molecule has 100 valence electrons. The van der Waals surface area contributed by atoms with E-state index in [4.69, 9.17) is 14.6 Å². The van der Waals surface area contributed by atoms with Crippen molar-refractivity contribution in [3.8, 4) is 0 Å². The van der Waals surface area contributed by atoms with Crippen LogP contribution in [0.3, 0.4) is 0 Å². The monoisotopic (exact) mass is 244 g/mol. The first-order valence-electron chi connectivity index (χ1n) is 6.41. The first-order valence-corrected chi connectivity index (χ1v) is 6.41. The van der Waals surface area contributed by atoms with Gasteiger partial charge in [-0.05, 0) is 45.4 Å². The number of carboxylic acids is 1. The molecular formula is C13H24O4. The van der Waals surface area contributed by atoms with Gasteiger partial charge in [-0.1, -0.05) is 0 Å². The first-order chi connectivity index (χ1) is 8.02. The number of hydrogen-bond donors (Lipinski definition) is 1. The molecule has 4 heteroatoms. The molecule has 0 saturated carbocycles. The Morgan fingerprint density at radius 3 is 2.65 bits per heavy atom. The van der Waals surface area contributed by atoms with Crippen LogP contribution in [0.5, 0.6) is 0 Å². The topological polar surface area (TPSA) is 55.8 Å². The van der Waals surface area contributed by atoms with E-state index in [0.717, 1.165) is 39.1 Å². The van der Waals surface area contributed by atoms with E-state index in [2.05, 4.69) is 0 Å². The van der Waals surface area contributed by atoms with Crippen LogP contribution in [0, 0.1) is 11.3 Å². The lowest BCUT2D eigenvalue weighted by molar-refractivity contribution is -0.147. The van der Waals surface area contributed by atoms with Crippen LogP contribution in [0.4, 0.5) is 0 Å². The van der Waals surface area contributed by atoms with Crippen LogP contribution in [-0.2, 0) is 14.3 Å². The zero-order valence-corrected chi connectivity index (χ0v) is 10.9. The predicted octanol–water partition coefficient (Wildman–Crippen LogP) is 2.32. The molecule has 4 nitrogen and oxygen atoms in total. The SMILES string of the molecule is CC(C)(CCCOCC1CCOCC1)C(=O)O. The quantitative estimate of drug-likeness (QED) is 0.698. The van der Waals surface area contributed by atoms with Crippen LogP contribution < -0.4 is 0 Å². The molecule has 17 heavy (non-hydrogen) atoms. The Bertz CT molecular complexity index is 232. The molecule has 1 fully saturated rings. The zero-order valence-electron chi connectivity index (χ0n) is 10.9. The molecule has 0 aromatic rings. The van der Waals surface area contributed by atoms with Crippen molar-refractivity contribution < 1.29 is 19.4 Å². The molecule has 0 aliphatic carbocycles. The number of aliphatic carboxylic acids is 1. The highest BCUT2D eigenvalue weighted by atomic mass is 16.5. The molecular weight excluding hydrogens is 220 g/mol. The molecule has 0 amide bonds. The molecule has 0 spiro atoms. The van der Waals surface area contributed by atoms with Crippen LogP contribution in [0.2, 0.25) is 0 Å². The van der Waals surface area contributed by atoms with E-state index in [1.54, 1.807) is 13.8 Å². The summed E-state index contributed by atoms with van der Waals surface area (Å²) in [6, 6.07) is 0. The highest BCUT2D eigenvalue weighted by molar-refractivity contribution is 5.73. The summed E-state index contributed by atoms with van der Waals surface area (Å²) in [5, 5.41) is 8.95. The fraction of sp³-hybridized carbons (Fsp3) is 0.923. The summed E-state index contributed by atoms with van der Waals surface area (Å²) in [5.74, 6) is -0.113. The molecule has 0 aromatic carbocycles. The number of carbonyl (C=O) groups is 1. The van der Waals surface area contributed by atoms with Crippen LogP contribution in [-0.4, -0.2) is 37.5 Å². The lowest BCUT2D eigenvalue weighted by Crippen LogP contribution is -2.24. The third-order valence-electron chi connectivity index (χ3n) is 3.36. The van der Waals surface area contributed by atoms with Crippen molar-refractivity contribution in [3.05, 3.63) is 0 Å². The first kappa shape index (κ1) is 14.5. The minimum atomic E-state index is -0.734. The van der Waals surface area contributed by atoms with Gasteiger partial charge < -0.3 is 14.6 Å². The van der Waals surface area contributed by atoms with Crippen LogP contribution in [0.1, 0.15) is 39.5 Å². The highest BCUT2D eigenvalue weighted by Crippen LogP contribution is 2.22. The molecule has 0 radical (unpaired) electrons. The fourth-order valence-corrected chi connectivity index (χ4v) is 1.89. The third kappa shape index (κ3) is 5.50. The third-order valence-corrected chi connectivity index (χ3v) is 3.36. The second kappa shape index (κ2) is 6.97. The van der Waals surface area contributed by atoms with E-state index in [9.17, 15) is 4.79 Å². The Hall–Kier alpha value is -0.610. The Morgan fingerprint density at radius 1 is 1.41 bits per heavy atom. The average Bonchev–Trinajstić information content (AvgIpc) is 2.29. The zero-order chi connectivity index (χ0) is 12.7. The summed E-state index contributed by atoms with van der Waals surface area (Å²) in [6.45, 7) is 6.66. The Morgan fingerprint density at radius 2 is 2.06 bits per heavy atom. The van der Waals surface area contributed by atoms with E-state index in [1.807, 2.05) is 0 Å². The molecule has 0 atom stereocenters. The molecule has 1 aliphatic heterocycles. The van der Waals surface area contributed by atoms with Gasteiger partial charge in [0.2, 0.25) is 0 Å². The summed E-state index contributed by atoms with van der Waals surface area (Å²) in [6.07, 6.45) is 3.64. The predicted molar refractivity (Wildman–Crippen MR) is 65.0 cm³/mol. The van der Waals surface area contributed by atoms with Crippen molar-refractivity contribution in [2.24, 2.45) is 11.3 Å². The Balaban J connectivity index is 2.02. The van der Waals surface area contributed by atoms with Gasteiger partial charge in [-0.25, -0.2) is 0 Å². The maximum Gasteiger partial charge on any atom is 0.309 e. The number of rotatable bonds is 7. The standard InChI is InChI=1S/C13H24O4/c1-13(2,12(14)15)6-3-7-17-10-11-4-8-16-9-5-11/h11H,3-10H2,1-2H3,(H,14,15). The second-order valence-electron chi connectivity index (χ2n) is 5.42. The maximum atomic E-state index is 10.9. The molecule has 1 heterocycles. The van der Waals surface area contributed by atoms with Gasteiger partial charge in [0.25, 0.3) is 0 Å². The molecule has 1 saturated heterocycles. The molecule has 1 rings (SSSR count). The summed E-state index contributed by atoms with van der Waals surface area (Å²) in [4.78, 5) is 10.9. The van der Waals surface area contributed by atoms with Gasteiger partial charge in [-0.2, -0.15) is 0 Å². The van der Waals surface area contributed by atoms with Gasteiger partial charge in [-0.3, -0.25) is 4.79 Å². The lowest BCUT2D eigenvalue weighted by Gasteiger charge is -2.22. The van der Waals surface area contributed by atoms with Crippen molar-refractivity contribution in [2.45, 2.75) is 39.5 Å². The van der Waals surface area contributed by atoms with E-state index in [1.165, 1.54) is 0 Å². The summed E-state index contributed by atoms with van der Waals surface area (Å²) >= 11 is 0. The van der Waals surface area contributed by atoms with Crippen molar-refractivity contribution in [1.29, 1.82) is 0 Å². The minimum absolute atomic E-state index is 0.622. The average molecular weight is 244 g/mol. The van der Waals surface area contributed by atoms with E-state index in [0.29, 0.717) is 18.9 Å². The van der Waals surface area contributed by atoms with Crippen LogP contribution >= 0.6 is 0 Å². The van der Waals surface area contributed by atoms with Crippen molar-refractivity contribution in [2.75, 3.05) is 26.4 Å². The van der Waals surface area contributed by atoms with E-state index < -0.39 is 11.4 Å². The van der Waals surface area contributed by atoms with Crippen LogP contribution in [0.15, 0.2) is 0 Å². The van der Waals surface area contributed by atoms with Crippen LogP contribution in [0.25, 0.3) is 0 Å². The van der Waals surface area contributed by atoms with Gasteiger partial charge in [0.05, 0.1) is 5.41 Å². The number of carboxylic acid groups (broad SMARTS) is 1. The minimum Gasteiger partial charge on any atom is -0.481 e. The Kier molecular flexibility index (Phi) is 5.92. The highest BCUT2D eigenvalue weighted by Gasteiger charge is 2.26. The van der Waals surface area contributed by atoms with E-state index in [-0.39, 0.29) is 0 Å². The fourth-order valence-electron chi connectivity index (χ4n) is 1.89. The van der Waals surface area contributed by atoms with Gasteiger partial charge in [0.1, 0.15) is 0 Å². The van der Waals surface area contributed by atoms with Crippen molar-refractivity contribution in [3.63, 3.8) is 0 Å². The number of hydrogen-bond acceptors (Lipinski definition) is 3. The molecule has 1 aliphatic rings. The normalized spacial score (nSPS) is 18.2. The molecule has 0 bridgehead atoms. The molecule has 0 unspecified atom stereocenters. The smallest absolute Gasteiger partial charge is 0.309 e. The van der Waals surface area contributed by atoms with Gasteiger partial charge in [0, 0.05) is 26.4 Å². The van der Waals surface area contributed by atoms with E-state index >= 15 is 0 Å². The van der Waals surface area contributed by atoms with Gasteiger partial charge in [-0.15, -0.1) is 0 Å². The lowest BCUT2D eigenvalue weighted by atomic mass is 9.88. The summed E-state index contributed by atoms with van der Waals surface area (Å²) < 4.78 is 10.9. The molecule has 1 N–H and O–H groups in total. The Labute approximate surface area is 103 Å². The molecule has 0 aromatic heterocycles. The summed E-state index contributed by atoms with van der Waals surface area (Å²) in [7, 11) is 0. The summed E-state index contributed by atoms with van der Waals surface area (Å²) in [5.41, 5.74) is -0.637. The second-order valence-corrected chi connectivity index (χ2v) is 5.42. The maximum absolute atomic E-state index is 10.9.